The molecular formula is C22H28N2O3. The van der Waals surface area contributed by atoms with Crippen LogP contribution in [0.25, 0.3) is 0 Å². The quantitative estimate of drug-likeness (QED) is 0.752. The van der Waals surface area contributed by atoms with E-state index in [9.17, 15) is 9.59 Å². The molecule has 3 fully saturated rings. The SMILES string of the molecule is C=CCCC(=O)NC[C@H]1[C@H]2CN(C(=O)Cc3ccccc3)C[C@]23CC[C@H]1O3. The molecule has 0 aromatic heterocycles. The maximum atomic E-state index is 12.8. The van der Waals surface area contributed by atoms with Gasteiger partial charge in [-0.1, -0.05) is 36.4 Å². The van der Waals surface area contributed by atoms with Crippen molar-refractivity contribution in [3.05, 3.63) is 48.6 Å². The molecule has 3 aliphatic rings. The van der Waals surface area contributed by atoms with E-state index in [0.29, 0.717) is 44.2 Å². The lowest BCUT2D eigenvalue weighted by Gasteiger charge is -2.29. The lowest BCUT2D eigenvalue weighted by Crippen LogP contribution is -2.41. The van der Waals surface area contributed by atoms with Gasteiger partial charge in [0.25, 0.3) is 0 Å². The van der Waals surface area contributed by atoms with E-state index in [1.54, 1.807) is 6.08 Å². The van der Waals surface area contributed by atoms with E-state index in [4.69, 9.17) is 4.74 Å². The van der Waals surface area contributed by atoms with Crippen LogP contribution in [0, 0.1) is 11.8 Å². The van der Waals surface area contributed by atoms with Crippen molar-refractivity contribution < 1.29 is 14.3 Å². The number of benzene rings is 1. The van der Waals surface area contributed by atoms with Gasteiger partial charge >= 0.3 is 0 Å². The number of ether oxygens (including phenoxy) is 1. The molecule has 0 saturated carbocycles. The second-order valence-electron chi connectivity index (χ2n) is 8.10. The van der Waals surface area contributed by atoms with Crippen molar-refractivity contribution in [2.24, 2.45) is 11.8 Å². The second kappa shape index (κ2) is 7.47. The Labute approximate surface area is 160 Å². The van der Waals surface area contributed by atoms with Crippen LogP contribution in [0.5, 0.6) is 0 Å². The molecule has 1 spiro atoms. The van der Waals surface area contributed by atoms with E-state index >= 15 is 0 Å². The molecule has 27 heavy (non-hydrogen) atoms. The van der Waals surface area contributed by atoms with Gasteiger partial charge < -0.3 is 15.0 Å². The third-order valence-electron chi connectivity index (χ3n) is 6.45. The van der Waals surface area contributed by atoms with E-state index in [1.807, 2.05) is 35.2 Å². The summed E-state index contributed by atoms with van der Waals surface area (Å²) in [5, 5.41) is 3.07. The lowest BCUT2D eigenvalue weighted by atomic mass is 9.73. The summed E-state index contributed by atoms with van der Waals surface area (Å²) in [7, 11) is 0. The average molecular weight is 368 g/mol. The van der Waals surface area contributed by atoms with E-state index < -0.39 is 0 Å². The van der Waals surface area contributed by atoms with Crippen molar-refractivity contribution in [2.45, 2.75) is 43.8 Å². The molecule has 0 unspecified atom stereocenters. The number of amides is 2. The minimum Gasteiger partial charge on any atom is -0.369 e. The van der Waals surface area contributed by atoms with Crippen LogP contribution in [0.2, 0.25) is 0 Å². The smallest absolute Gasteiger partial charge is 0.227 e. The van der Waals surface area contributed by atoms with Crippen LogP contribution in [0.15, 0.2) is 43.0 Å². The van der Waals surface area contributed by atoms with Crippen LogP contribution >= 0.6 is 0 Å². The molecule has 144 valence electrons. The van der Waals surface area contributed by atoms with Gasteiger partial charge in [0.1, 0.15) is 0 Å². The maximum Gasteiger partial charge on any atom is 0.227 e. The highest BCUT2D eigenvalue weighted by Gasteiger charge is 2.63. The molecule has 1 aromatic rings. The number of carbonyl (C=O) groups is 2. The fourth-order valence-corrected chi connectivity index (χ4v) is 5.09. The number of rotatable bonds is 7. The molecule has 2 amide bonds. The molecular weight excluding hydrogens is 340 g/mol. The Morgan fingerprint density at radius 2 is 2.15 bits per heavy atom. The van der Waals surface area contributed by atoms with Crippen LogP contribution < -0.4 is 5.32 Å². The fourth-order valence-electron chi connectivity index (χ4n) is 5.09. The zero-order valence-electron chi connectivity index (χ0n) is 15.7. The first-order chi connectivity index (χ1) is 13.1. The number of nitrogens with zero attached hydrogens (tertiary/aromatic N) is 1. The van der Waals surface area contributed by atoms with E-state index in [0.717, 1.165) is 24.9 Å². The molecule has 4 atom stereocenters. The van der Waals surface area contributed by atoms with Gasteiger partial charge in [0.05, 0.1) is 24.7 Å². The van der Waals surface area contributed by atoms with Gasteiger partial charge in [-0.05, 0) is 24.8 Å². The van der Waals surface area contributed by atoms with Crippen molar-refractivity contribution in [3.63, 3.8) is 0 Å². The lowest BCUT2D eigenvalue weighted by molar-refractivity contribution is -0.131. The molecule has 5 heteroatoms. The van der Waals surface area contributed by atoms with Gasteiger partial charge in [0, 0.05) is 31.3 Å². The number of carbonyl (C=O) groups excluding carboxylic acids is 2. The molecule has 1 N–H and O–H groups in total. The monoisotopic (exact) mass is 368 g/mol. The van der Waals surface area contributed by atoms with Crippen LogP contribution in [-0.4, -0.2) is 48.1 Å². The Morgan fingerprint density at radius 1 is 1.33 bits per heavy atom. The summed E-state index contributed by atoms with van der Waals surface area (Å²) in [5.74, 6) is 0.879. The molecule has 0 aliphatic carbocycles. The zero-order valence-corrected chi connectivity index (χ0v) is 15.7. The molecule has 0 radical (unpaired) electrons. The standard InChI is InChI=1S/C22H28N2O3/c1-2-3-9-20(25)23-13-17-18-14-24(15-22(18)11-10-19(17)27-22)21(26)12-16-7-5-4-6-8-16/h2,4-8,17-19H,1,3,9-15H2,(H,23,25)/t17-,18+,19+,22+/m0/s1. The predicted molar refractivity (Wildman–Crippen MR) is 103 cm³/mol. The first-order valence-corrected chi connectivity index (χ1v) is 9.98. The number of hydrogen-bond acceptors (Lipinski definition) is 3. The van der Waals surface area contributed by atoms with Crippen LogP contribution in [0.1, 0.15) is 31.2 Å². The Hall–Kier alpha value is -2.14. The number of allylic oxidation sites excluding steroid dienone is 1. The minimum atomic E-state index is -0.187. The van der Waals surface area contributed by atoms with E-state index in [2.05, 4.69) is 11.9 Å². The molecule has 3 heterocycles. The number of fused-ring (bicyclic) bond motifs is 1. The average Bonchev–Trinajstić information content (AvgIpc) is 3.34. The van der Waals surface area contributed by atoms with Gasteiger partial charge in [-0.25, -0.2) is 0 Å². The van der Waals surface area contributed by atoms with Crippen molar-refractivity contribution in [2.75, 3.05) is 19.6 Å². The normalized spacial score (nSPS) is 31.0. The first-order valence-electron chi connectivity index (χ1n) is 9.98. The van der Waals surface area contributed by atoms with Crippen LogP contribution in [0.3, 0.4) is 0 Å². The Balaban J connectivity index is 1.37. The van der Waals surface area contributed by atoms with Gasteiger partial charge in [-0.2, -0.15) is 0 Å². The number of likely N-dealkylation sites (tertiary alicyclic amines) is 1. The van der Waals surface area contributed by atoms with E-state index in [1.165, 1.54) is 0 Å². The molecule has 1 aromatic carbocycles. The summed E-state index contributed by atoms with van der Waals surface area (Å²) < 4.78 is 6.38. The van der Waals surface area contributed by atoms with Crippen LogP contribution in [0.4, 0.5) is 0 Å². The summed E-state index contributed by atoms with van der Waals surface area (Å²) in [6.07, 6.45) is 5.67. The highest BCUT2D eigenvalue weighted by atomic mass is 16.5. The van der Waals surface area contributed by atoms with Crippen molar-refractivity contribution in [1.29, 1.82) is 0 Å². The summed E-state index contributed by atoms with van der Waals surface area (Å²) in [5.41, 5.74) is 0.862. The first kappa shape index (κ1) is 18.2. The molecule has 4 rings (SSSR count). The van der Waals surface area contributed by atoms with Gasteiger partial charge in [-0.15, -0.1) is 6.58 Å². The summed E-state index contributed by atoms with van der Waals surface area (Å²) in [6.45, 7) is 5.75. The molecule has 3 saturated heterocycles. The summed E-state index contributed by atoms with van der Waals surface area (Å²) >= 11 is 0. The summed E-state index contributed by atoms with van der Waals surface area (Å²) in [6, 6.07) is 9.90. The Morgan fingerprint density at radius 3 is 2.93 bits per heavy atom. The zero-order chi connectivity index (χ0) is 18.9. The van der Waals surface area contributed by atoms with Gasteiger partial charge in [0.15, 0.2) is 0 Å². The highest BCUT2D eigenvalue weighted by molar-refractivity contribution is 5.79. The highest BCUT2D eigenvalue weighted by Crippen LogP contribution is 2.54. The summed E-state index contributed by atoms with van der Waals surface area (Å²) in [4.78, 5) is 26.7. The number of nitrogens with one attached hydrogen (secondary N) is 1. The van der Waals surface area contributed by atoms with Crippen LogP contribution in [-0.2, 0) is 20.7 Å². The van der Waals surface area contributed by atoms with Gasteiger partial charge in [-0.3, -0.25) is 9.59 Å². The minimum absolute atomic E-state index is 0.0710. The van der Waals surface area contributed by atoms with E-state index in [-0.39, 0.29) is 23.5 Å². The largest absolute Gasteiger partial charge is 0.369 e. The topological polar surface area (TPSA) is 58.6 Å². The fraction of sp³-hybridized carbons (Fsp3) is 0.545. The third-order valence-corrected chi connectivity index (χ3v) is 6.45. The Bertz CT molecular complexity index is 720. The van der Waals surface area contributed by atoms with Gasteiger partial charge in [0.2, 0.25) is 11.8 Å². The molecule has 3 aliphatic heterocycles. The van der Waals surface area contributed by atoms with Crippen molar-refractivity contribution in [3.8, 4) is 0 Å². The third kappa shape index (κ3) is 3.53. The van der Waals surface area contributed by atoms with Crippen molar-refractivity contribution in [1.82, 2.24) is 10.2 Å². The molecule has 5 nitrogen and oxygen atoms in total. The Kier molecular flexibility index (Phi) is 5.04. The number of hydrogen-bond donors (Lipinski definition) is 1. The predicted octanol–water partition coefficient (Wildman–Crippen LogP) is 2.32. The second-order valence-corrected chi connectivity index (χ2v) is 8.10. The molecule has 2 bridgehead atoms. The maximum absolute atomic E-state index is 12.8. The van der Waals surface area contributed by atoms with Crippen molar-refractivity contribution >= 4 is 11.8 Å².